The number of rotatable bonds is 10. The number of anilines is 4. The molecule has 360 valence electrons. The predicted molar refractivity (Wildman–Crippen MR) is 245 cm³/mol. The molecule has 23 heteroatoms. The highest BCUT2D eigenvalue weighted by Gasteiger charge is 2.34. The standard InChI is InChI=1S/2C21H16ClF3N4O3.C3H8.FH/c2*1-26-19(30)18-11-15(8-9-27-18)32-14-5-2-12(3-6-14)28-20(31)29-13-4-7-17(22)16(10-13)21(23,24)25;1-3-2;/h2*2-11H,1H3,(H,26,30)(H2,28,29,31);3H2,1-2H3;1H. The van der Waals surface area contributed by atoms with E-state index in [1.807, 2.05) is 0 Å². The zero-order chi connectivity index (χ0) is 49.3. The summed E-state index contributed by atoms with van der Waals surface area (Å²) in [6.07, 6.45) is -5.17. The average molecular weight is 994 g/mol. The van der Waals surface area contributed by atoms with E-state index in [1.165, 1.54) is 57.2 Å². The Morgan fingerprint density at radius 2 is 0.809 bits per heavy atom. The maximum atomic E-state index is 12.9. The molecule has 68 heavy (non-hydrogen) atoms. The van der Waals surface area contributed by atoms with Crippen molar-refractivity contribution in [3.8, 4) is 23.0 Å². The van der Waals surface area contributed by atoms with E-state index in [9.17, 15) is 45.5 Å². The van der Waals surface area contributed by atoms with E-state index < -0.39 is 45.6 Å². The van der Waals surface area contributed by atoms with Crippen LogP contribution in [0.2, 0.25) is 10.0 Å². The number of hydrogen-bond donors (Lipinski definition) is 6. The third-order valence-electron chi connectivity index (χ3n) is 8.14. The first-order valence-corrected chi connectivity index (χ1v) is 20.3. The molecule has 6 amide bonds. The number of nitrogens with zero attached hydrogens (tertiary/aromatic N) is 2. The van der Waals surface area contributed by atoms with Crippen molar-refractivity contribution in [3.05, 3.63) is 154 Å². The first-order chi connectivity index (χ1) is 31.7. The number of hydrogen-bond acceptors (Lipinski definition) is 8. The van der Waals surface area contributed by atoms with Crippen LogP contribution >= 0.6 is 23.2 Å². The predicted octanol–water partition coefficient (Wildman–Crippen LogP) is 12.7. The third kappa shape index (κ3) is 17.0. The van der Waals surface area contributed by atoms with E-state index in [-0.39, 0.29) is 39.3 Å². The normalized spacial score (nSPS) is 10.5. The molecule has 0 unspecified atom stereocenters. The molecule has 0 radical (unpaired) electrons. The summed E-state index contributed by atoms with van der Waals surface area (Å²) in [5.41, 5.74) is -1.09. The molecule has 0 spiro atoms. The van der Waals surface area contributed by atoms with Gasteiger partial charge in [-0.2, -0.15) is 26.3 Å². The minimum absolute atomic E-state index is 0. The Labute approximate surface area is 394 Å². The summed E-state index contributed by atoms with van der Waals surface area (Å²) in [5.74, 6) is 0.920. The highest BCUT2D eigenvalue weighted by molar-refractivity contribution is 6.32. The first-order valence-electron chi connectivity index (χ1n) is 19.5. The van der Waals surface area contributed by atoms with Crippen molar-refractivity contribution >= 4 is 69.8 Å². The molecule has 0 atom stereocenters. The molecule has 0 saturated heterocycles. The minimum atomic E-state index is -4.64. The van der Waals surface area contributed by atoms with Crippen LogP contribution in [0.1, 0.15) is 52.4 Å². The highest BCUT2D eigenvalue weighted by Crippen LogP contribution is 2.37. The van der Waals surface area contributed by atoms with Crippen molar-refractivity contribution < 1.29 is 59.7 Å². The number of ether oxygens (including phenoxy) is 2. The number of urea groups is 2. The molecule has 2 heterocycles. The molecule has 0 fully saturated rings. The number of nitrogens with one attached hydrogen (secondary N) is 6. The Hall–Kier alpha value is -7.65. The average Bonchev–Trinajstić information content (AvgIpc) is 3.28. The van der Waals surface area contributed by atoms with E-state index in [0.29, 0.717) is 34.4 Å². The maximum absolute atomic E-state index is 12.9. The van der Waals surface area contributed by atoms with Gasteiger partial charge >= 0.3 is 24.4 Å². The van der Waals surface area contributed by atoms with Gasteiger partial charge in [0.2, 0.25) is 0 Å². The van der Waals surface area contributed by atoms with Crippen molar-refractivity contribution in [2.75, 3.05) is 35.4 Å². The third-order valence-corrected chi connectivity index (χ3v) is 8.80. The van der Waals surface area contributed by atoms with Crippen molar-refractivity contribution in [1.82, 2.24) is 20.6 Å². The summed E-state index contributed by atoms with van der Waals surface area (Å²) in [7, 11) is 2.98. The molecule has 0 aliphatic heterocycles. The summed E-state index contributed by atoms with van der Waals surface area (Å²) in [5, 5.41) is 13.7. The van der Waals surface area contributed by atoms with Crippen LogP contribution < -0.4 is 41.4 Å². The molecular formula is C45H41Cl2F7N8O6. The van der Waals surface area contributed by atoms with Gasteiger partial charge in [0.1, 0.15) is 34.4 Å². The number of halogens is 9. The van der Waals surface area contributed by atoms with Gasteiger partial charge in [-0.1, -0.05) is 43.5 Å². The van der Waals surface area contributed by atoms with Gasteiger partial charge in [0.05, 0.1) is 21.2 Å². The molecule has 0 aliphatic rings. The van der Waals surface area contributed by atoms with Gasteiger partial charge in [0, 0.05) is 61.4 Å². The maximum Gasteiger partial charge on any atom is 0.417 e. The second-order valence-electron chi connectivity index (χ2n) is 13.4. The molecule has 0 saturated carbocycles. The number of aromatic nitrogens is 2. The quantitative estimate of drug-likeness (QED) is 0.0732. The van der Waals surface area contributed by atoms with Crippen molar-refractivity contribution in [3.63, 3.8) is 0 Å². The second-order valence-corrected chi connectivity index (χ2v) is 14.2. The zero-order valence-corrected chi connectivity index (χ0v) is 37.5. The Balaban J connectivity index is 0.000000336. The minimum Gasteiger partial charge on any atom is -0.457 e. The summed E-state index contributed by atoms with van der Waals surface area (Å²) in [4.78, 5) is 55.4. The van der Waals surface area contributed by atoms with Crippen LogP contribution in [-0.4, -0.2) is 47.9 Å². The van der Waals surface area contributed by atoms with Gasteiger partial charge in [0.15, 0.2) is 0 Å². The number of amides is 6. The summed E-state index contributed by atoms with van der Waals surface area (Å²) >= 11 is 11.1. The summed E-state index contributed by atoms with van der Waals surface area (Å²) in [6, 6.07) is 23.2. The topological polar surface area (TPSA) is 185 Å². The lowest BCUT2D eigenvalue weighted by molar-refractivity contribution is -0.138. The largest absolute Gasteiger partial charge is 0.457 e. The number of pyridine rings is 2. The Kier molecular flexibility index (Phi) is 20.4. The van der Waals surface area contributed by atoms with Gasteiger partial charge in [-0.15, -0.1) is 0 Å². The van der Waals surface area contributed by atoms with Crippen molar-refractivity contribution in [2.45, 2.75) is 32.6 Å². The highest BCUT2D eigenvalue weighted by atomic mass is 35.5. The smallest absolute Gasteiger partial charge is 0.417 e. The van der Waals surface area contributed by atoms with Gasteiger partial charge in [-0.05, 0) is 97.1 Å². The Bertz CT molecular complexity index is 2480. The lowest BCUT2D eigenvalue weighted by Gasteiger charge is -2.12. The fourth-order valence-corrected chi connectivity index (χ4v) is 5.62. The van der Waals surface area contributed by atoms with Gasteiger partial charge in [-0.25, -0.2) is 9.59 Å². The van der Waals surface area contributed by atoms with Crippen molar-refractivity contribution in [1.29, 1.82) is 0 Å². The fraction of sp³-hybridized carbons (Fsp3) is 0.156. The van der Waals surface area contributed by atoms with Gasteiger partial charge < -0.3 is 41.4 Å². The molecule has 2 aromatic heterocycles. The van der Waals surface area contributed by atoms with Crippen LogP contribution in [0.15, 0.2) is 122 Å². The van der Waals surface area contributed by atoms with E-state index in [2.05, 4.69) is 55.7 Å². The van der Waals surface area contributed by atoms with Crippen LogP contribution in [0.5, 0.6) is 23.0 Å². The summed E-state index contributed by atoms with van der Waals surface area (Å²) < 4.78 is 88.9. The second kappa shape index (κ2) is 25.3. The van der Waals surface area contributed by atoms with Crippen LogP contribution in [0.3, 0.4) is 0 Å². The molecule has 0 bridgehead atoms. The Morgan fingerprint density at radius 3 is 1.12 bits per heavy atom. The van der Waals surface area contributed by atoms with Crippen molar-refractivity contribution in [2.24, 2.45) is 0 Å². The van der Waals surface area contributed by atoms with E-state index in [4.69, 9.17) is 32.7 Å². The first kappa shape index (κ1) is 54.7. The Morgan fingerprint density at radius 1 is 0.500 bits per heavy atom. The molecule has 6 N–H and O–H groups in total. The monoisotopic (exact) mass is 992 g/mol. The lowest BCUT2D eigenvalue weighted by Crippen LogP contribution is -2.19. The van der Waals surface area contributed by atoms with E-state index in [0.717, 1.165) is 24.3 Å². The number of carbonyl (C=O) groups excluding carboxylic acids is 4. The van der Waals surface area contributed by atoms with Crippen LogP contribution in [-0.2, 0) is 12.4 Å². The molecule has 14 nitrogen and oxygen atoms in total. The SMILES string of the molecule is CCC.CNC(=O)c1cc(Oc2ccc(NC(=O)Nc3ccc(Cl)c(C(F)(F)F)c3)cc2)ccn1.CNC(=O)c1cc(Oc2ccc(NC(=O)Nc3ccc(Cl)c(C(F)(F)F)c3)cc2)ccn1.F. The van der Waals surface area contributed by atoms with Gasteiger partial charge in [-0.3, -0.25) is 24.3 Å². The van der Waals surface area contributed by atoms with E-state index >= 15 is 0 Å². The lowest BCUT2D eigenvalue weighted by atomic mass is 10.2. The van der Waals surface area contributed by atoms with Crippen LogP contribution in [0.4, 0.5) is 63.4 Å². The molecule has 6 rings (SSSR count). The molecule has 6 aromatic rings. The summed E-state index contributed by atoms with van der Waals surface area (Å²) in [6.45, 7) is 4.25. The number of alkyl halides is 6. The number of carbonyl (C=O) groups is 4. The van der Waals surface area contributed by atoms with Crippen LogP contribution in [0.25, 0.3) is 0 Å². The molecule has 0 aliphatic carbocycles. The van der Waals surface area contributed by atoms with Gasteiger partial charge in [0.25, 0.3) is 11.8 Å². The fourth-order valence-electron chi connectivity index (χ4n) is 5.17. The number of benzene rings is 4. The van der Waals surface area contributed by atoms with Crippen LogP contribution in [0, 0.1) is 0 Å². The molecule has 4 aromatic carbocycles. The molecular weight excluding hydrogens is 952 g/mol. The zero-order valence-electron chi connectivity index (χ0n) is 36.0. The van der Waals surface area contributed by atoms with E-state index in [1.54, 1.807) is 60.7 Å².